The van der Waals surface area contributed by atoms with Gasteiger partial charge in [0.1, 0.15) is 6.54 Å². The molecular formula is C12H20N2O5S. The number of carbonyl (C=O) groups is 2. The van der Waals surface area contributed by atoms with Crippen LogP contribution in [0.3, 0.4) is 0 Å². The number of rotatable bonds is 5. The maximum absolute atomic E-state index is 12.1. The lowest BCUT2D eigenvalue weighted by Gasteiger charge is -2.26. The highest BCUT2D eigenvalue weighted by Crippen LogP contribution is 2.33. The normalized spacial score (nSPS) is 30.8. The zero-order chi connectivity index (χ0) is 14.9. The predicted octanol–water partition coefficient (Wildman–Crippen LogP) is 0.0682. The molecule has 0 aromatic carbocycles. The van der Waals surface area contributed by atoms with E-state index in [2.05, 4.69) is 5.32 Å². The first-order valence-electron chi connectivity index (χ1n) is 6.81. The molecule has 20 heavy (non-hydrogen) atoms. The molecule has 1 heterocycles. The van der Waals surface area contributed by atoms with Crippen LogP contribution in [0.4, 0.5) is 4.79 Å². The van der Waals surface area contributed by atoms with Gasteiger partial charge >= 0.3 is 12.0 Å². The zero-order valence-electron chi connectivity index (χ0n) is 11.4. The number of carboxylic acids is 1. The van der Waals surface area contributed by atoms with Crippen LogP contribution in [0.2, 0.25) is 0 Å². The number of hydrogen-bond acceptors (Lipinski definition) is 4. The van der Waals surface area contributed by atoms with Gasteiger partial charge in [-0.15, -0.1) is 0 Å². The fourth-order valence-corrected chi connectivity index (χ4v) is 4.38. The molecule has 8 heteroatoms. The van der Waals surface area contributed by atoms with Gasteiger partial charge in [0.05, 0.1) is 11.5 Å². The lowest BCUT2D eigenvalue weighted by atomic mass is 10.2. The third kappa shape index (κ3) is 3.62. The minimum Gasteiger partial charge on any atom is -0.480 e. The van der Waals surface area contributed by atoms with Crippen molar-refractivity contribution >= 4 is 21.8 Å². The second-order valence-electron chi connectivity index (χ2n) is 5.54. The Morgan fingerprint density at radius 2 is 2.10 bits per heavy atom. The van der Waals surface area contributed by atoms with Gasteiger partial charge in [0.2, 0.25) is 0 Å². The van der Waals surface area contributed by atoms with Crippen LogP contribution in [-0.2, 0) is 14.6 Å². The first kappa shape index (κ1) is 15.1. The van der Waals surface area contributed by atoms with Gasteiger partial charge in [0.15, 0.2) is 9.84 Å². The highest BCUT2D eigenvalue weighted by atomic mass is 32.2. The van der Waals surface area contributed by atoms with E-state index in [9.17, 15) is 18.0 Å². The molecule has 7 nitrogen and oxygen atoms in total. The number of nitrogens with zero attached hydrogens (tertiary/aromatic N) is 1. The largest absolute Gasteiger partial charge is 0.480 e. The van der Waals surface area contributed by atoms with Crippen LogP contribution in [-0.4, -0.2) is 60.6 Å². The highest BCUT2D eigenvalue weighted by molar-refractivity contribution is 7.91. The minimum absolute atomic E-state index is 0.0160. The first-order valence-corrected chi connectivity index (χ1v) is 8.64. The fourth-order valence-electron chi connectivity index (χ4n) is 2.65. The molecule has 1 aliphatic carbocycles. The molecule has 0 radical (unpaired) electrons. The number of aliphatic carboxylic acids is 1. The van der Waals surface area contributed by atoms with E-state index in [1.165, 1.54) is 0 Å². The van der Waals surface area contributed by atoms with E-state index in [1.807, 2.05) is 6.92 Å². The van der Waals surface area contributed by atoms with E-state index in [0.717, 1.165) is 17.7 Å². The van der Waals surface area contributed by atoms with Crippen LogP contribution in [0.5, 0.6) is 0 Å². The van der Waals surface area contributed by atoms with E-state index in [-0.39, 0.29) is 17.5 Å². The maximum Gasteiger partial charge on any atom is 0.323 e. The smallest absolute Gasteiger partial charge is 0.323 e. The molecular weight excluding hydrogens is 284 g/mol. The average molecular weight is 304 g/mol. The van der Waals surface area contributed by atoms with Gasteiger partial charge in [-0.3, -0.25) is 4.79 Å². The summed E-state index contributed by atoms with van der Waals surface area (Å²) in [5.41, 5.74) is 0. The SMILES string of the molecule is CCC1CC1NC(=O)N(CC(=O)O)C1CCS(=O)(=O)C1. The molecule has 0 aromatic rings. The quantitative estimate of drug-likeness (QED) is 0.748. The molecule has 0 spiro atoms. The molecule has 0 bridgehead atoms. The van der Waals surface area contributed by atoms with Crippen molar-refractivity contribution in [1.29, 1.82) is 0 Å². The Morgan fingerprint density at radius 1 is 1.40 bits per heavy atom. The molecule has 2 fully saturated rings. The monoisotopic (exact) mass is 304 g/mol. The van der Waals surface area contributed by atoms with Crippen molar-refractivity contribution in [3.8, 4) is 0 Å². The Morgan fingerprint density at radius 3 is 2.55 bits per heavy atom. The Hall–Kier alpha value is -1.31. The highest BCUT2D eigenvalue weighted by Gasteiger charge is 2.40. The van der Waals surface area contributed by atoms with Crippen molar-refractivity contribution in [2.45, 2.75) is 38.3 Å². The van der Waals surface area contributed by atoms with Crippen LogP contribution in [0.1, 0.15) is 26.2 Å². The lowest BCUT2D eigenvalue weighted by molar-refractivity contribution is -0.138. The Balaban J connectivity index is 2.00. The topological polar surface area (TPSA) is 104 Å². The molecule has 2 N–H and O–H groups in total. The molecule has 2 amide bonds. The minimum atomic E-state index is -3.15. The standard InChI is InChI=1S/C12H20N2O5S/c1-2-8-5-10(8)13-12(17)14(6-11(15)16)9-3-4-20(18,19)7-9/h8-10H,2-7H2,1H3,(H,13,17)(H,15,16). The summed E-state index contributed by atoms with van der Waals surface area (Å²) in [4.78, 5) is 24.2. The Bertz CT molecular complexity index is 504. The zero-order valence-corrected chi connectivity index (χ0v) is 12.2. The Labute approximate surface area is 118 Å². The van der Waals surface area contributed by atoms with Crippen LogP contribution >= 0.6 is 0 Å². The molecule has 114 valence electrons. The van der Waals surface area contributed by atoms with Crippen molar-refractivity contribution in [3.63, 3.8) is 0 Å². The summed E-state index contributed by atoms with van der Waals surface area (Å²) in [5, 5.41) is 11.7. The summed E-state index contributed by atoms with van der Waals surface area (Å²) in [6, 6.07) is -0.896. The number of sulfone groups is 1. The number of carboxylic acid groups (broad SMARTS) is 1. The predicted molar refractivity (Wildman–Crippen MR) is 72.1 cm³/mol. The average Bonchev–Trinajstić information content (AvgIpc) is 3.00. The van der Waals surface area contributed by atoms with Gasteiger partial charge in [0, 0.05) is 12.1 Å². The molecule has 2 aliphatic rings. The maximum atomic E-state index is 12.1. The first-order chi connectivity index (χ1) is 9.32. The summed E-state index contributed by atoms with van der Waals surface area (Å²) in [6.45, 7) is 1.57. The fraction of sp³-hybridized carbons (Fsp3) is 0.833. The van der Waals surface area contributed by atoms with Crippen LogP contribution in [0, 0.1) is 5.92 Å². The van der Waals surface area contributed by atoms with Crippen molar-refractivity contribution in [2.75, 3.05) is 18.1 Å². The molecule has 2 rings (SSSR count). The van der Waals surface area contributed by atoms with Gasteiger partial charge in [-0.2, -0.15) is 0 Å². The number of carbonyl (C=O) groups excluding carboxylic acids is 1. The van der Waals surface area contributed by atoms with Crippen LogP contribution in [0.15, 0.2) is 0 Å². The van der Waals surface area contributed by atoms with Crippen LogP contribution in [0.25, 0.3) is 0 Å². The van der Waals surface area contributed by atoms with E-state index < -0.39 is 34.4 Å². The third-order valence-corrected chi connectivity index (χ3v) is 5.72. The van der Waals surface area contributed by atoms with Crippen molar-refractivity contribution < 1.29 is 23.1 Å². The molecule has 3 atom stereocenters. The van der Waals surface area contributed by atoms with Crippen molar-refractivity contribution in [2.24, 2.45) is 5.92 Å². The second-order valence-corrected chi connectivity index (χ2v) is 7.77. The van der Waals surface area contributed by atoms with Crippen LogP contribution < -0.4 is 5.32 Å². The van der Waals surface area contributed by atoms with Gasteiger partial charge < -0.3 is 15.3 Å². The second kappa shape index (κ2) is 5.59. The van der Waals surface area contributed by atoms with Gasteiger partial charge in [-0.05, 0) is 18.8 Å². The molecule has 0 aromatic heterocycles. The summed E-state index contributed by atoms with van der Waals surface area (Å²) >= 11 is 0. The Kier molecular flexibility index (Phi) is 4.22. The van der Waals surface area contributed by atoms with E-state index in [0.29, 0.717) is 12.3 Å². The molecule has 1 saturated heterocycles. The van der Waals surface area contributed by atoms with Gasteiger partial charge in [-0.25, -0.2) is 13.2 Å². The summed E-state index contributed by atoms with van der Waals surface area (Å²) < 4.78 is 23.0. The number of urea groups is 1. The lowest BCUT2D eigenvalue weighted by Crippen LogP contribution is -2.49. The summed E-state index contributed by atoms with van der Waals surface area (Å²) in [7, 11) is -3.15. The van der Waals surface area contributed by atoms with E-state index >= 15 is 0 Å². The molecule has 1 aliphatic heterocycles. The molecule has 3 unspecified atom stereocenters. The third-order valence-electron chi connectivity index (χ3n) is 3.97. The number of nitrogens with one attached hydrogen (secondary N) is 1. The summed E-state index contributed by atoms with van der Waals surface area (Å²) in [5.74, 6) is -0.803. The molecule has 1 saturated carbocycles. The van der Waals surface area contributed by atoms with Gasteiger partial charge in [-0.1, -0.05) is 13.3 Å². The summed E-state index contributed by atoms with van der Waals surface area (Å²) in [6.07, 6.45) is 2.19. The van der Waals surface area contributed by atoms with Crippen molar-refractivity contribution in [1.82, 2.24) is 10.2 Å². The van der Waals surface area contributed by atoms with E-state index in [1.54, 1.807) is 0 Å². The van der Waals surface area contributed by atoms with Crippen molar-refractivity contribution in [3.05, 3.63) is 0 Å². The number of hydrogen-bond donors (Lipinski definition) is 2. The number of amides is 2. The van der Waals surface area contributed by atoms with E-state index in [4.69, 9.17) is 5.11 Å². The van der Waals surface area contributed by atoms with Gasteiger partial charge in [0.25, 0.3) is 0 Å².